The number of halogens is 1. The van der Waals surface area contributed by atoms with Crippen LogP contribution in [0.3, 0.4) is 0 Å². The number of nitrogens with zero attached hydrogens (tertiary/aromatic N) is 2. The highest BCUT2D eigenvalue weighted by atomic mass is 127. The lowest BCUT2D eigenvalue weighted by molar-refractivity contribution is -0.121. The van der Waals surface area contributed by atoms with Gasteiger partial charge in [0.1, 0.15) is 6.54 Å². The van der Waals surface area contributed by atoms with Crippen molar-refractivity contribution in [1.82, 2.24) is 15.1 Å². The summed E-state index contributed by atoms with van der Waals surface area (Å²) in [5, 5.41) is 6.96. The molecule has 1 heterocycles. The summed E-state index contributed by atoms with van der Waals surface area (Å²) in [5.74, 6) is 1.33. The molecule has 6 nitrogen and oxygen atoms in total. The summed E-state index contributed by atoms with van der Waals surface area (Å²) in [6, 6.07) is 5.74. The molecule has 1 aromatic heterocycles. The molecule has 0 unspecified atom stereocenters. The predicted octanol–water partition coefficient (Wildman–Crippen LogP) is 1.86. The highest BCUT2D eigenvalue weighted by Gasteiger charge is 2.06. The van der Waals surface area contributed by atoms with Crippen LogP contribution >= 0.6 is 22.6 Å². The Balaban J connectivity index is 1.82. The standard InChI is InChI=1S/C15H18IN3O3/c1-21-13-4-3-11(7-14(13)22-2)5-6-17-15(20)10-19-9-12(16)8-18-19/h3-4,7-9H,5-6,10H2,1-2H3,(H,17,20). The second-order valence-corrected chi connectivity index (χ2v) is 5.89. The third-order valence-electron chi connectivity index (χ3n) is 3.09. The molecule has 22 heavy (non-hydrogen) atoms. The molecule has 0 saturated heterocycles. The third-order valence-corrected chi connectivity index (χ3v) is 3.65. The molecule has 0 atom stereocenters. The van der Waals surface area contributed by atoms with Crippen molar-refractivity contribution < 1.29 is 14.3 Å². The van der Waals surface area contributed by atoms with Crippen molar-refractivity contribution >= 4 is 28.5 Å². The summed E-state index contributed by atoms with van der Waals surface area (Å²) in [7, 11) is 3.21. The molecular weight excluding hydrogens is 397 g/mol. The fourth-order valence-electron chi connectivity index (χ4n) is 2.01. The minimum atomic E-state index is -0.0556. The summed E-state index contributed by atoms with van der Waals surface area (Å²) in [5.41, 5.74) is 1.08. The van der Waals surface area contributed by atoms with Crippen LogP contribution in [0.15, 0.2) is 30.6 Å². The smallest absolute Gasteiger partial charge is 0.241 e. The summed E-state index contributed by atoms with van der Waals surface area (Å²) >= 11 is 2.16. The van der Waals surface area contributed by atoms with Crippen LogP contribution in [-0.4, -0.2) is 36.5 Å². The Morgan fingerprint density at radius 3 is 2.73 bits per heavy atom. The van der Waals surface area contributed by atoms with Gasteiger partial charge >= 0.3 is 0 Å². The molecule has 1 aromatic carbocycles. The molecule has 0 fully saturated rings. The number of amides is 1. The van der Waals surface area contributed by atoms with E-state index in [2.05, 4.69) is 33.0 Å². The summed E-state index contributed by atoms with van der Waals surface area (Å²) in [4.78, 5) is 11.8. The van der Waals surface area contributed by atoms with Crippen molar-refractivity contribution in [3.8, 4) is 11.5 Å². The first kappa shape index (κ1) is 16.6. The van der Waals surface area contributed by atoms with E-state index in [1.165, 1.54) is 0 Å². The quantitative estimate of drug-likeness (QED) is 0.702. The van der Waals surface area contributed by atoms with E-state index in [0.29, 0.717) is 18.0 Å². The zero-order valence-corrected chi connectivity index (χ0v) is 14.7. The zero-order valence-electron chi connectivity index (χ0n) is 12.5. The molecule has 2 aromatic rings. The second-order valence-electron chi connectivity index (χ2n) is 4.65. The van der Waals surface area contributed by atoms with Crippen molar-refractivity contribution in [2.75, 3.05) is 20.8 Å². The third kappa shape index (κ3) is 4.62. The van der Waals surface area contributed by atoms with Crippen molar-refractivity contribution in [3.63, 3.8) is 0 Å². The van der Waals surface area contributed by atoms with Gasteiger partial charge in [0.25, 0.3) is 0 Å². The van der Waals surface area contributed by atoms with Crippen molar-refractivity contribution in [2.45, 2.75) is 13.0 Å². The molecule has 0 bridgehead atoms. The fourth-order valence-corrected chi connectivity index (χ4v) is 2.46. The molecule has 7 heteroatoms. The monoisotopic (exact) mass is 415 g/mol. The Kier molecular flexibility index (Phi) is 6.05. The van der Waals surface area contributed by atoms with Gasteiger partial charge in [-0.15, -0.1) is 0 Å². The van der Waals surface area contributed by atoms with Gasteiger partial charge in [-0.3, -0.25) is 9.48 Å². The minimum absolute atomic E-state index is 0.0556. The number of methoxy groups -OCH3 is 2. The van der Waals surface area contributed by atoms with Gasteiger partial charge in [0, 0.05) is 12.7 Å². The van der Waals surface area contributed by atoms with E-state index >= 15 is 0 Å². The van der Waals surface area contributed by atoms with Crippen LogP contribution < -0.4 is 14.8 Å². The number of hydrogen-bond acceptors (Lipinski definition) is 4. The maximum absolute atomic E-state index is 11.8. The van der Waals surface area contributed by atoms with E-state index in [-0.39, 0.29) is 12.5 Å². The van der Waals surface area contributed by atoms with Crippen LogP contribution in [-0.2, 0) is 17.8 Å². The van der Waals surface area contributed by atoms with Crippen LogP contribution in [0.4, 0.5) is 0 Å². The molecule has 0 aliphatic heterocycles. The first-order valence-electron chi connectivity index (χ1n) is 6.78. The molecule has 0 aliphatic carbocycles. The highest BCUT2D eigenvalue weighted by Crippen LogP contribution is 2.27. The maximum atomic E-state index is 11.8. The van der Waals surface area contributed by atoms with Gasteiger partial charge in [-0.1, -0.05) is 6.07 Å². The number of carbonyl (C=O) groups is 1. The number of nitrogens with one attached hydrogen (secondary N) is 1. The topological polar surface area (TPSA) is 65.4 Å². The number of carbonyl (C=O) groups excluding carboxylic acids is 1. The fraction of sp³-hybridized carbons (Fsp3) is 0.333. The zero-order chi connectivity index (χ0) is 15.9. The van der Waals surface area contributed by atoms with Crippen LogP contribution in [0.25, 0.3) is 0 Å². The van der Waals surface area contributed by atoms with Gasteiger partial charge in [0.2, 0.25) is 5.91 Å². The molecule has 0 saturated carbocycles. The molecule has 0 aliphatic rings. The number of aromatic nitrogens is 2. The normalized spacial score (nSPS) is 10.3. The number of benzene rings is 1. The number of rotatable bonds is 7. The van der Waals surface area contributed by atoms with Crippen molar-refractivity contribution in [2.24, 2.45) is 0 Å². The summed E-state index contributed by atoms with van der Waals surface area (Å²) in [6.07, 6.45) is 4.27. The Morgan fingerprint density at radius 2 is 2.09 bits per heavy atom. The van der Waals surface area contributed by atoms with E-state index in [9.17, 15) is 4.79 Å². The molecule has 118 valence electrons. The van der Waals surface area contributed by atoms with Crippen LogP contribution in [0.5, 0.6) is 11.5 Å². The molecule has 1 N–H and O–H groups in total. The molecule has 0 spiro atoms. The first-order valence-corrected chi connectivity index (χ1v) is 7.86. The van der Waals surface area contributed by atoms with Gasteiger partial charge in [-0.2, -0.15) is 5.10 Å². The van der Waals surface area contributed by atoms with Gasteiger partial charge in [0.15, 0.2) is 11.5 Å². The first-order chi connectivity index (χ1) is 10.6. The largest absolute Gasteiger partial charge is 0.493 e. The number of ether oxygens (including phenoxy) is 2. The predicted molar refractivity (Wildman–Crippen MR) is 91.2 cm³/mol. The molecule has 1 amide bonds. The van der Waals surface area contributed by atoms with Gasteiger partial charge < -0.3 is 14.8 Å². The van der Waals surface area contributed by atoms with E-state index in [4.69, 9.17) is 9.47 Å². The van der Waals surface area contributed by atoms with E-state index in [1.54, 1.807) is 25.1 Å². The minimum Gasteiger partial charge on any atom is -0.493 e. The summed E-state index contributed by atoms with van der Waals surface area (Å²) in [6.45, 7) is 0.793. The molecule has 2 rings (SSSR count). The Bertz CT molecular complexity index is 643. The lowest BCUT2D eigenvalue weighted by Gasteiger charge is -2.10. The van der Waals surface area contributed by atoms with Crippen molar-refractivity contribution in [1.29, 1.82) is 0 Å². The average Bonchev–Trinajstić information content (AvgIpc) is 2.92. The van der Waals surface area contributed by atoms with Gasteiger partial charge in [0.05, 0.1) is 24.0 Å². The lowest BCUT2D eigenvalue weighted by atomic mass is 10.1. The Labute approximate surface area is 142 Å². The van der Waals surface area contributed by atoms with Crippen LogP contribution in [0.2, 0.25) is 0 Å². The van der Waals surface area contributed by atoms with Crippen LogP contribution in [0, 0.1) is 3.57 Å². The second kappa shape index (κ2) is 8.02. The van der Waals surface area contributed by atoms with Crippen LogP contribution in [0.1, 0.15) is 5.56 Å². The number of hydrogen-bond donors (Lipinski definition) is 1. The molecular formula is C15H18IN3O3. The average molecular weight is 415 g/mol. The van der Waals surface area contributed by atoms with Gasteiger partial charge in [-0.05, 0) is 46.7 Å². The maximum Gasteiger partial charge on any atom is 0.241 e. The van der Waals surface area contributed by atoms with E-state index < -0.39 is 0 Å². The van der Waals surface area contributed by atoms with Gasteiger partial charge in [-0.25, -0.2) is 0 Å². The van der Waals surface area contributed by atoms with E-state index in [0.717, 1.165) is 15.6 Å². The lowest BCUT2D eigenvalue weighted by Crippen LogP contribution is -2.29. The Hall–Kier alpha value is -1.77. The summed E-state index contributed by atoms with van der Waals surface area (Å²) < 4.78 is 13.1. The Morgan fingerprint density at radius 1 is 1.32 bits per heavy atom. The van der Waals surface area contributed by atoms with E-state index in [1.807, 2.05) is 24.4 Å². The highest BCUT2D eigenvalue weighted by molar-refractivity contribution is 14.1. The molecule has 0 radical (unpaired) electrons. The van der Waals surface area contributed by atoms with Crippen molar-refractivity contribution in [3.05, 3.63) is 39.7 Å². The SMILES string of the molecule is COc1ccc(CCNC(=O)Cn2cc(I)cn2)cc1OC.